The number of hydrogen-bond acceptors (Lipinski definition) is 6. The summed E-state index contributed by atoms with van der Waals surface area (Å²) in [6.07, 6.45) is 3.43. The third kappa shape index (κ3) is 5.11. The third-order valence-electron chi connectivity index (χ3n) is 6.03. The van der Waals surface area contributed by atoms with E-state index >= 15 is 0 Å². The lowest BCUT2D eigenvalue weighted by atomic mass is 10.1. The van der Waals surface area contributed by atoms with Crippen LogP contribution in [0.5, 0.6) is 0 Å². The Labute approximate surface area is 207 Å². The maximum atomic E-state index is 13.6. The quantitative estimate of drug-likeness (QED) is 0.380. The van der Waals surface area contributed by atoms with E-state index in [1.807, 2.05) is 45.9 Å². The highest BCUT2D eigenvalue weighted by atomic mass is 32.2. The number of hydrogen-bond donors (Lipinski definition) is 0. The number of thioether (sulfide) groups is 1. The molecule has 1 fully saturated rings. The van der Waals surface area contributed by atoms with Gasteiger partial charge in [0.15, 0.2) is 11.0 Å². The normalized spacial score (nSPS) is 14.3. The van der Waals surface area contributed by atoms with E-state index in [1.165, 1.54) is 23.9 Å². The van der Waals surface area contributed by atoms with Crippen LogP contribution in [-0.4, -0.2) is 68.7 Å². The van der Waals surface area contributed by atoms with Gasteiger partial charge in [0, 0.05) is 61.1 Å². The number of benzene rings is 2. The number of carbonyl (C=O) groups excluding carboxylic acids is 1. The van der Waals surface area contributed by atoms with Crippen LogP contribution in [0.2, 0.25) is 0 Å². The largest absolute Gasteiger partial charge is 0.336 e. The van der Waals surface area contributed by atoms with Gasteiger partial charge in [0.25, 0.3) is 5.91 Å². The van der Waals surface area contributed by atoms with Crippen LogP contribution in [0.4, 0.5) is 4.39 Å². The highest BCUT2D eigenvalue weighted by Crippen LogP contribution is 2.30. The fraction of sp³-hybridized carbons (Fsp3) is 0.231. The molecule has 1 aliphatic rings. The molecule has 2 aromatic carbocycles. The van der Waals surface area contributed by atoms with Crippen LogP contribution in [0.1, 0.15) is 15.9 Å². The first kappa shape index (κ1) is 23.2. The second-order valence-corrected chi connectivity index (χ2v) is 9.34. The molecular weight excluding hydrogens is 463 g/mol. The third-order valence-corrected chi connectivity index (χ3v) is 7.01. The predicted molar refractivity (Wildman–Crippen MR) is 134 cm³/mol. The number of likely N-dealkylation sites (N-methyl/N-ethyl adjacent to an activating group) is 1. The van der Waals surface area contributed by atoms with Crippen molar-refractivity contribution in [3.05, 3.63) is 90.0 Å². The fourth-order valence-corrected chi connectivity index (χ4v) is 5.00. The van der Waals surface area contributed by atoms with E-state index in [0.717, 1.165) is 43.0 Å². The maximum absolute atomic E-state index is 13.6. The average Bonchev–Trinajstić information content (AvgIpc) is 3.32. The molecule has 5 rings (SSSR count). The Balaban J connectivity index is 1.43. The van der Waals surface area contributed by atoms with Crippen LogP contribution in [-0.2, 0) is 5.75 Å². The number of pyridine rings is 1. The number of aromatic nitrogens is 4. The van der Waals surface area contributed by atoms with E-state index in [2.05, 4.69) is 27.1 Å². The molecule has 9 heteroatoms. The number of halogens is 1. The summed E-state index contributed by atoms with van der Waals surface area (Å²) >= 11 is 1.49. The minimum Gasteiger partial charge on any atom is -0.336 e. The standard InChI is InChI=1S/C26H25FN6OS/c1-31-13-15-32(16-14-31)25(34)23-7-3-2-5-20(23)18-35-26-30-29-24(19-6-4-12-28-17-19)33(26)22-10-8-21(27)9-11-22/h2-12,17H,13-16,18H2,1H3. The van der Waals surface area contributed by atoms with Crippen molar-refractivity contribution >= 4 is 17.7 Å². The molecule has 0 aliphatic carbocycles. The Morgan fingerprint density at radius 1 is 0.971 bits per heavy atom. The number of nitrogens with zero attached hydrogens (tertiary/aromatic N) is 6. The maximum Gasteiger partial charge on any atom is 0.254 e. The summed E-state index contributed by atoms with van der Waals surface area (Å²) in [7, 11) is 2.07. The number of amides is 1. The minimum atomic E-state index is -0.310. The molecule has 2 aromatic heterocycles. The van der Waals surface area contributed by atoms with Crippen molar-refractivity contribution in [3.8, 4) is 17.1 Å². The van der Waals surface area contributed by atoms with Crippen LogP contribution in [0, 0.1) is 5.82 Å². The van der Waals surface area contributed by atoms with Gasteiger partial charge in [-0.3, -0.25) is 14.3 Å². The summed E-state index contributed by atoms with van der Waals surface area (Å²) in [5.74, 6) is 0.914. The SMILES string of the molecule is CN1CCN(C(=O)c2ccccc2CSc2nnc(-c3cccnc3)n2-c2ccc(F)cc2)CC1. The Kier molecular flexibility index (Phi) is 6.87. The van der Waals surface area contributed by atoms with E-state index < -0.39 is 0 Å². The van der Waals surface area contributed by atoms with Gasteiger partial charge >= 0.3 is 0 Å². The summed E-state index contributed by atoms with van der Waals surface area (Å²) in [4.78, 5) is 21.6. The van der Waals surface area contributed by atoms with Gasteiger partial charge in [-0.1, -0.05) is 30.0 Å². The summed E-state index contributed by atoms with van der Waals surface area (Å²) in [5, 5.41) is 9.50. The second-order valence-electron chi connectivity index (χ2n) is 8.40. The summed E-state index contributed by atoms with van der Waals surface area (Å²) in [5.41, 5.74) is 3.21. The zero-order valence-electron chi connectivity index (χ0n) is 19.3. The number of rotatable bonds is 6. The molecule has 178 valence electrons. The first-order valence-corrected chi connectivity index (χ1v) is 12.4. The van der Waals surface area contributed by atoms with Crippen molar-refractivity contribution in [3.63, 3.8) is 0 Å². The highest BCUT2D eigenvalue weighted by molar-refractivity contribution is 7.98. The van der Waals surface area contributed by atoms with Gasteiger partial charge in [-0.15, -0.1) is 10.2 Å². The first-order valence-electron chi connectivity index (χ1n) is 11.4. The van der Waals surface area contributed by atoms with Crippen molar-refractivity contribution in [2.24, 2.45) is 0 Å². The number of piperazine rings is 1. The summed E-state index contributed by atoms with van der Waals surface area (Å²) in [6, 6.07) is 17.7. The molecule has 0 N–H and O–H groups in total. The van der Waals surface area contributed by atoms with Gasteiger partial charge in [0.05, 0.1) is 0 Å². The van der Waals surface area contributed by atoms with E-state index in [0.29, 0.717) is 22.3 Å². The van der Waals surface area contributed by atoms with E-state index in [-0.39, 0.29) is 11.7 Å². The van der Waals surface area contributed by atoms with Gasteiger partial charge < -0.3 is 9.80 Å². The van der Waals surface area contributed by atoms with Gasteiger partial charge in [0.1, 0.15) is 5.82 Å². The Morgan fingerprint density at radius 2 is 1.74 bits per heavy atom. The second kappa shape index (κ2) is 10.4. The molecule has 1 saturated heterocycles. The Hall–Kier alpha value is -3.56. The fourth-order valence-electron chi connectivity index (χ4n) is 4.05. The van der Waals surface area contributed by atoms with Gasteiger partial charge in [0.2, 0.25) is 0 Å². The molecule has 1 aliphatic heterocycles. The van der Waals surface area contributed by atoms with Crippen LogP contribution >= 0.6 is 11.8 Å². The van der Waals surface area contributed by atoms with Gasteiger partial charge in [-0.05, 0) is 55.1 Å². The van der Waals surface area contributed by atoms with Crippen LogP contribution < -0.4 is 0 Å². The molecule has 3 heterocycles. The van der Waals surface area contributed by atoms with E-state index in [9.17, 15) is 9.18 Å². The topological polar surface area (TPSA) is 67.2 Å². The molecule has 0 unspecified atom stereocenters. The van der Waals surface area contributed by atoms with E-state index in [1.54, 1.807) is 24.5 Å². The Bertz CT molecular complexity index is 1300. The molecule has 1 amide bonds. The van der Waals surface area contributed by atoms with Crippen LogP contribution in [0.15, 0.2) is 78.2 Å². The lowest BCUT2D eigenvalue weighted by Gasteiger charge is -2.32. The van der Waals surface area contributed by atoms with Crippen LogP contribution in [0.3, 0.4) is 0 Å². The number of carbonyl (C=O) groups is 1. The van der Waals surface area contributed by atoms with Gasteiger partial charge in [-0.25, -0.2) is 4.39 Å². The van der Waals surface area contributed by atoms with Crippen molar-refractivity contribution in [1.29, 1.82) is 0 Å². The lowest BCUT2D eigenvalue weighted by Crippen LogP contribution is -2.47. The average molecular weight is 489 g/mol. The Morgan fingerprint density at radius 3 is 2.49 bits per heavy atom. The molecule has 35 heavy (non-hydrogen) atoms. The lowest BCUT2D eigenvalue weighted by molar-refractivity contribution is 0.0663. The van der Waals surface area contributed by atoms with Crippen molar-refractivity contribution < 1.29 is 9.18 Å². The first-order chi connectivity index (χ1) is 17.1. The summed E-state index contributed by atoms with van der Waals surface area (Å²) in [6.45, 7) is 3.20. The zero-order valence-corrected chi connectivity index (χ0v) is 20.2. The minimum absolute atomic E-state index is 0.0605. The van der Waals surface area contributed by atoms with Crippen molar-refractivity contribution in [2.75, 3.05) is 33.2 Å². The monoisotopic (exact) mass is 488 g/mol. The smallest absolute Gasteiger partial charge is 0.254 e. The molecule has 0 atom stereocenters. The molecule has 4 aromatic rings. The van der Waals surface area contributed by atoms with E-state index in [4.69, 9.17) is 0 Å². The zero-order chi connectivity index (χ0) is 24.2. The highest BCUT2D eigenvalue weighted by Gasteiger charge is 2.23. The van der Waals surface area contributed by atoms with Crippen LogP contribution in [0.25, 0.3) is 17.1 Å². The molecule has 0 saturated carbocycles. The van der Waals surface area contributed by atoms with Gasteiger partial charge in [-0.2, -0.15) is 0 Å². The van der Waals surface area contributed by atoms with Crippen molar-refractivity contribution in [2.45, 2.75) is 10.9 Å². The molecule has 7 nitrogen and oxygen atoms in total. The predicted octanol–water partition coefficient (Wildman–Crippen LogP) is 4.15. The molecular formula is C26H25FN6OS. The van der Waals surface area contributed by atoms with Crippen molar-refractivity contribution in [1.82, 2.24) is 29.5 Å². The molecule has 0 bridgehead atoms. The molecule has 0 radical (unpaired) electrons. The molecule has 0 spiro atoms. The summed E-state index contributed by atoms with van der Waals surface area (Å²) < 4.78 is 15.5.